The number of carbonyl (C=O) groups excluding carboxylic acids is 3. The lowest BCUT2D eigenvalue weighted by Crippen LogP contribution is -2.42. The number of amides is 3. The van der Waals surface area contributed by atoms with Crippen molar-refractivity contribution in [1.82, 2.24) is 15.8 Å². The van der Waals surface area contributed by atoms with E-state index in [-0.39, 0.29) is 29.5 Å². The molecule has 0 saturated carbocycles. The fourth-order valence-corrected chi connectivity index (χ4v) is 4.71. The van der Waals surface area contributed by atoms with E-state index < -0.39 is 11.8 Å². The first-order chi connectivity index (χ1) is 15.8. The van der Waals surface area contributed by atoms with E-state index >= 15 is 0 Å². The highest BCUT2D eigenvalue weighted by Gasteiger charge is 2.31. The lowest BCUT2D eigenvalue weighted by Gasteiger charge is -2.14. The van der Waals surface area contributed by atoms with Gasteiger partial charge in [0.25, 0.3) is 11.8 Å². The van der Waals surface area contributed by atoms with E-state index in [0.29, 0.717) is 26.4 Å². The van der Waals surface area contributed by atoms with Crippen molar-refractivity contribution in [2.75, 3.05) is 13.7 Å². The van der Waals surface area contributed by atoms with Crippen LogP contribution in [0.5, 0.6) is 5.75 Å². The third-order valence-electron chi connectivity index (χ3n) is 4.54. The van der Waals surface area contributed by atoms with Crippen LogP contribution < -0.4 is 15.6 Å². The first kappa shape index (κ1) is 25.0. The van der Waals surface area contributed by atoms with Gasteiger partial charge in [0, 0.05) is 18.0 Å². The molecule has 1 aliphatic heterocycles. The zero-order chi connectivity index (χ0) is 24.0. The lowest BCUT2D eigenvalue weighted by molar-refractivity contribution is -0.124. The van der Waals surface area contributed by atoms with Crippen LogP contribution in [0.25, 0.3) is 6.08 Å². The first-order valence-electron chi connectivity index (χ1n) is 9.72. The topological polar surface area (TPSA) is 87.7 Å². The normalized spacial score (nSPS) is 14.5. The molecule has 0 unspecified atom stereocenters. The fourth-order valence-electron chi connectivity index (χ4n) is 2.90. The van der Waals surface area contributed by atoms with Crippen molar-refractivity contribution in [2.24, 2.45) is 0 Å². The van der Waals surface area contributed by atoms with Gasteiger partial charge >= 0.3 is 0 Å². The number of nitrogens with one attached hydrogen (secondary N) is 2. The summed E-state index contributed by atoms with van der Waals surface area (Å²) in [4.78, 5) is 38.9. The maximum atomic E-state index is 12.7. The molecule has 1 aliphatic rings. The molecule has 0 spiro atoms. The van der Waals surface area contributed by atoms with Crippen LogP contribution >= 0.6 is 47.2 Å². The zero-order valence-electron chi connectivity index (χ0n) is 17.4. The van der Waals surface area contributed by atoms with Crippen LogP contribution in [0.2, 0.25) is 10.0 Å². The number of nitrogens with zero attached hydrogens (tertiary/aromatic N) is 1. The Morgan fingerprint density at radius 3 is 2.70 bits per heavy atom. The Kier molecular flexibility index (Phi) is 8.74. The minimum atomic E-state index is -0.565. The van der Waals surface area contributed by atoms with Crippen LogP contribution in [-0.2, 0) is 9.59 Å². The standard InChI is InChI=1S/C22H19Cl2N3O4S2/c1-31-15-5-2-4-13(10-15)11-18-21(30)27(22(32)33-18)9-3-6-19(28)25-26-20(29)16-8-7-14(23)12-17(16)24/h2,4-5,7-8,10-12H,3,6,9H2,1H3,(H,25,28)(H,26,29)/b18-11+. The number of rotatable bonds is 7. The van der Waals surface area contributed by atoms with Gasteiger partial charge in [-0.25, -0.2) is 0 Å². The summed E-state index contributed by atoms with van der Waals surface area (Å²) in [7, 11) is 1.58. The lowest BCUT2D eigenvalue weighted by atomic mass is 10.2. The Bertz CT molecular complexity index is 1140. The van der Waals surface area contributed by atoms with Crippen LogP contribution in [0, 0.1) is 0 Å². The smallest absolute Gasteiger partial charge is 0.271 e. The Morgan fingerprint density at radius 1 is 1.18 bits per heavy atom. The number of hydrogen-bond acceptors (Lipinski definition) is 6. The molecule has 172 valence electrons. The highest BCUT2D eigenvalue weighted by molar-refractivity contribution is 8.26. The molecule has 1 saturated heterocycles. The highest BCUT2D eigenvalue weighted by Crippen LogP contribution is 2.33. The second-order valence-electron chi connectivity index (χ2n) is 6.84. The molecule has 3 rings (SSSR count). The van der Waals surface area contributed by atoms with Crippen molar-refractivity contribution < 1.29 is 19.1 Å². The summed E-state index contributed by atoms with van der Waals surface area (Å²) in [6, 6.07) is 11.8. The van der Waals surface area contributed by atoms with E-state index in [1.54, 1.807) is 13.2 Å². The molecule has 1 heterocycles. The van der Waals surface area contributed by atoms with Gasteiger partial charge in [0.1, 0.15) is 10.1 Å². The summed E-state index contributed by atoms with van der Waals surface area (Å²) < 4.78 is 5.63. The minimum absolute atomic E-state index is 0.0840. The molecule has 0 aromatic heterocycles. The quantitative estimate of drug-likeness (QED) is 0.316. The molecule has 7 nitrogen and oxygen atoms in total. The van der Waals surface area contributed by atoms with Crippen molar-refractivity contribution >= 4 is 75.3 Å². The number of benzene rings is 2. The Hall–Kier alpha value is -2.59. The highest BCUT2D eigenvalue weighted by atomic mass is 35.5. The average Bonchev–Trinajstić information content (AvgIpc) is 3.05. The van der Waals surface area contributed by atoms with Gasteiger partial charge in [-0.3, -0.25) is 30.1 Å². The second-order valence-corrected chi connectivity index (χ2v) is 9.36. The molecule has 0 radical (unpaired) electrons. The van der Waals surface area contributed by atoms with E-state index in [9.17, 15) is 14.4 Å². The molecular weight excluding hydrogens is 505 g/mol. The summed E-state index contributed by atoms with van der Waals surface area (Å²) in [5, 5.41) is 0.570. The molecule has 3 amide bonds. The number of halogens is 2. The second kappa shape index (κ2) is 11.5. The summed E-state index contributed by atoms with van der Waals surface area (Å²) in [6.45, 7) is 0.282. The molecule has 11 heteroatoms. The van der Waals surface area contributed by atoms with Gasteiger partial charge in [0.05, 0.1) is 22.6 Å². The molecule has 1 fully saturated rings. The van der Waals surface area contributed by atoms with E-state index in [2.05, 4.69) is 10.9 Å². The number of ether oxygens (including phenoxy) is 1. The van der Waals surface area contributed by atoms with Gasteiger partial charge in [0.15, 0.2) is 0 Å². The van der Waals surface area contributed by atoms with Gasteiger partial charge in [-0.15, -0.1) is 0 Å². The van der Waals surface area contributed by atoms with Crippen LogP contribution in [-0.4, -0.2) is 40.6 Å². The fraction of sp³-hybridized carbons (Fsp3) is 0.182. The number of hydrazine groups is 1. The number of carbonyl (C=O) groups is 3. The monoisotopic (exact) mass is 523 g/mol. The number of hydrogen-bond donors (Lipinski definition) is 2. The molecule has 2 aromatic rings. The van der Waals surface area contributed by atoms with Crippen LogP contribution in [0.3, 0.4) is 0 Å². The average molecular weight is 524 g/mol. The molecule has 0 bridgehead atoms. The summed E-state index contributed by atoms with van der Waals surface area (Å²) in [5.74, 6) is -0.495. The van der Waals surface area contributed by atoms with E-state index in [4.69, 9.17) is 40.2 Å². The molecule has 33 heavy (non-hydrogen) atoms. The minimum Gasteiger partial charge on any atom is -0.497 e. The van der Waals surface area contributed by atoms with E-state index in [1.165, 1.54) is 34.9 Å². The molecule has 2 aromatic carbocycles. The van der Waals surface area contributed by atoms with Crippen LogP contribution in [0.1, 0.15) is 28.8 Å². The third kappa shape index (κ3) is 6.70. The summed E-state index contributed by atoms with van der Waals surface area (Å²) in [5.41, 5.74) is 5.64. The van der Waals surface area contributed by atoms with Gasteiger partial charge in [-0.1, -0.05) is 59.3 Å². The third-order valence-corrected chi connectivity index (χ3v) is 6.47. The van der Waals surface area contributed by atoms with E-state index in [1.807, 2.05) is 24.3 Å². The van der Waals surface area contributed by atoms with Crippen molar-refractivity contribution in [1.29, 1.82) is 0 Å². The predicted octanol–water partition coefficient (Wildman–Crippen LogP) is 4.44. The molecule has 2 N–H and O–H groups in total. The van der Waals surface area contributed by atoms with Crippen LogP contribution in [0.4, 0.5) is 0 Å². The maximum absolute atomic E-state index is 12.7. The van der Waals surface area contributed by atoms with Gasteiger partial charge in [-0.05, 0) is 48.4 Å². The van der Waals surface area contributed by atoms with Crippen molar-refractivity contribution in [3.8, 4) is 5.75 Å². The Morgan fingerprint density at radius 2 is 1.97 bits per heavy atom. The zero-order valence-corrected chi connectivity index (χ0v) is 20.5. The summed E-state index contributed by atoms with van der Waals surface area (Å²) in [6.07, 6.45) is 2.20. The number of methoxy groups -OCH3 is 1. The van der Waals surface area contributed by atoms with Crippen molar-refractivity contribution in [2.45, 2.75) is 12.8 Å². The number of thiocarbonyl (C=S) groups is 1. The maximum Gasteiger partial charge on any atom is 0.271 e. The molecule has 0 atom stereocenters. The van der Waals surface area contributed by atoms with E-state index in [0.717, 1.165) is 5.56 Å². The SMILES string of the molecule is COc1cccc(/C=C2/SC(=S)N(CCCC(=O)NNC(=O)c3ccc(Cl)cc3Cl)C2=O)c1. The van der Waals surface area contributed by atoms with Gasteiger partial charge in [0.2, 0.25) is 5.91 Å². The first-order valence-corrected chi connectivity index (χ1v) is 11.7. The van der Waals surface area contributed by atoms with Crippen molar-refractivity contribution in [3.63, 3.8) is 0 Å². The summed E-state index contributed by atoms with van der Waals surface area (Å²) >= 11 is 18.3. The number of thioether (sulfide) groups is 1. The van der Waals surface area contributed by atoms with Crippen LogP contribution in [0.15, 0.2) is 47.4 Å². The largest absolute Gasteiger partial charge is 0.497 e. The Labute approximate surface area is 210 Å². The Balaban J connectivity index is 1.48. The molecular formula is C22H19Cl2N3O4S2. The predicted molar refractivity (Wildman–Crippen MR) is 134 cm³/mol. The van der Waals surface area contributed by atoms with Gasteiger partial charge in [-0.2, -0.15) is 0 Å². The van der Waals surface area contributed by atoms with Gasteiger partial charge < -0.3 is 4.74 Å². The van der Waals surface area contributed by atoms with Crippen molar-refractivity contribution in [3.05, 3.63) is 68.5 Å². The molecule has 0 aliphatic carbocycles.